The van der Waals surface area contributed by atoms with Crippen molar-refractivity contribution in [3.8, 4) is 0 Å². The quantitative estimate of drug-likeness (QED) is 0.348. The first-order valence-electron chi connectivity index (χ1n) is 11.9. The largest absolute Gasteiger partial charge is 0.744 e. The molecule has 0 atom stereocenters. The molecule has 0 N–H and O–H groups in total. The Morgan fingerprint density at radius 3 is 1.17 bits per heavy atom. The van der Waals surface area contributed by atoms with E-state index in [4.69, 9.17) is 0 Å². The average molecular weight is 561 g/mol. The average Bonchev–Trinajstić information content (AvgIpc) is 2.75. The Morgan fingerprint density at radius 2 is 0.867 bits per heavy atom. The van der Waals surface area contributed by atoms with Crippen molar-refractivity contribution >= 4 is 42.0 Å². The van der Waals surface area contributed by atoms with E-state index in [1.54, 1.807) is 0 Å². The molecule has 0 unspecified atom stereocenters. The molecule has 0 bridgehead atoms. The van der Waals surface area contributed by atoms with Crippen LogP contribution in [0.2, 0.25) is 0 Å². The molecule has 0 spiro atoms. The fourth-order valence-electron chi connectivity index (χ4n) is 6.26. The van der Waals surface area contributed by atoms with Gasteiger partial charge in [-0.25, -0.2) is 8.42 Å². The predicted molar refractivity (Wildman–Crippen MR) is 127 cm³/mol. The van der Waals surface area contributed by atoms with Gasteiger partial charge in [-0.1, -0.05) is 89.6 Å². The Bertz CT molecular complexity index is 818. The summed E-state index contributed by atoms with van der Waals surface area (Å²) >= 11 is 7.74. The van der Waals surface area contributed by atoms with Gasteiger partial charge in [0, 0.05) is 8.95 Å². The van der Waals surface area contributed by atoms with E-state index >= 15 is 0 Å². The predicted octanol–water partition coefficient (Wildman–Crippen LogP) is 8.26. The van der Waals surface area contributed by atoms with Crippen LogP contribution in [0.15, 0.2) is 13.8 Å². The van der Waals surface area contributed by atoms with Crippen molar-refractivity contribution in [2.24, 2.45) is 0 Å². The molecule has 0 amide bonds. The molecular weight excluding hydrogens is 528 g/mol. The molecule has 0 aromatic heterocycles. The standard InChI is InChI=1S/C24H34Br2O3S/c25-22-19(16-10-4-1-5-11-16)23(26)21(18-14-8-3-9-15-18)24(30(27,28)29)20(22)17-12-6-2-7-13-17/h16-18H,1-15H2,(H,27,28,29)/p-1. The van der Waals surface area contributed by atoms with E-state index < -0.39 is 10.1 Å². The monoisotopic (exact) mass is 559 g/mol. The highest BCUT2D eigenvalue weighted by Crippen LogP contribution is 2.53. The van der Waals surface area contributed by atoms with Gasteiger partial charge in [0.1, 0.15) is 10.1 Å². The summed E-state index contributed by atoms with van der Waals surface area (Å²) in [5.74, 6) is 0.782. The van der Waals surface area contributed by atoms with Crippen LogP contribution in [-0.2, 0) is 10.1 Å². The molecule has 0 radical (unpaired) electrons. The highest BCUT2D eigenvalue weighted by molar-refractivity contribution is 9.11. The van der Waals surface area contributed by atoms with Crippen molar-refractivity contribution in [3.63, 3.8) is 0 Å². The Morgan fingerprint density at radius 1 is 0.567 bits per heavy atom. The molecule has 168 valence electrons. The first-order chi connectivity index (χ1) is 14.4. The zero-order chi connectivity index (χ0) is 21.3. The van der Waals surface area contributed by atoms with Gasteiger partial charge >= 0.3 is 0 Å². The van der Waals surface area contributed by atoms with Crippen LogP contribution in [0.25, 0.3) is 0 Å². The van der Waals surface area contributed by atoms with Crippen molar-refractivity contribution in [2.75, 3.05) is 0 Å². The van der Waals surface area contributed by atoms with Crippen molar-refractivity contribution < 1.29 is 13.0 Å². The van der Waals surface area contributed by atoms with E-state index in [0.717, 1.165) is 84.3 Å². The minimum absolute atomic E-state index is 0.125. The maximum Gasteiger partial charge on any atom is 0.125 e. The fourth-order valence-corrected chi connectivity index (χ4v) is 9.95. The third kappa shape index (κ3) is 4.72. The molecule has 6 heteroatoms. The molecule has 3 fully saturated rings. The fraction of sp³-hybridized carbons (Fsp3) is 0.750. The van der Waals surface area contributed by atoms with E-state index in [0.29, 0.717) is 5.92 Å². The molecule has 0 heterocycles. The summed E-state index contributed by atoms with van der Waals surface area (Å²) in [6.45, 7) is 0. The second-order valence-corrected chi connectivity index (χ2v) is 12.6. The highest BCUT2D eigenvalue weighted by atomic mass is 79.9. The zero-order valence-electron chi connectivity index (χ0n) is 17.7. The van der Waals surface area contributed by atoms with Gasteiger partial charge in [-0.3, -0.25) is 0 Å². The number of rotatable bonds is 4. The molecule has 4 rings (SSSR count). The molecule has 3 nitrogen and oxygen atoms in total. The Hall–Kier alpha value is 0.0900. The van der Waals surface area contributed by atoms with Crippen molar-refractivity contribution in [1.29, 1.82) is 0 Å². The van der Waals surface area contributed by atoms with Gasteiger partial charge in [0.25, 0.3) is 0 Å². The van der Waals surface area contributed by atoms with E-state index in [1.165, 1.54) is 37.7 Å². The second kappa shape index (κ2) is 9.93. The zero-order valence-corrected chi connectivity index (χ0v) is 21.7. The molecule has 1 aromatic rings. The molecule has 1 aromatic carbocycles. The van der Waals surface area contributed by atoms with E-state index in [9.17, 15) is 13.0 Å². The third-order valence-corrected chi connectivity index (χ3v) is 10.4. The van der Waals surface area contributed by atoms with Crippen LogP contribution >= 0.6 is 31.9 Å². The summed E-state index contributed by atoms with van der Waals surface area (Å²) in [6, 6.07) is 0. The van der Waals surface area contributed by atoms with Crippen LogP contribution in [0.5, 0.6) is 0 Å². The maximum atomic E-state index is 12.8. The minimum atomic E-state index is -4.57. The lowest BCUT2D eigenvalue weighted by atomic mass is 9.76. The van der Waals surface area contributed by atoms with Gasteiger partial charge in [0.15, 0.2) is 0 Å². The van der Waals surface area contributed by atoms with Gasteiger partial charge in [-0.15, -0.1) is 0 Å². The Balaban J connectivity index is 1.98. The lowest BCUT2D eigenvalue weighted by Crippen LogP contribution is -2.20. The Labute approximate surface area is 198 Å². The number of benzene rings is 1. The van der Waals surface area contributed by atoms with Gasteiger partial charge in [0.05, 0.1) is 4.90 Å². The van der Waals surface area contributed by atoms with Crippen LogP contribution in [-0.4, -0.2) is 13.0 Å². The summed E-state index contributed by atoms with van der Waals surface area (Å²) in [5.41, 5.74) is 2.91. The minimum Gasteiger partial charge on any atom is -0.744 e. The molecular formula is C24H33Br2O3S-. The van der Waals surface area contributed by atoms with Crippen LogP contribution in [0.3, 0.4) is 0 Å². The lowest BCUT2D eigenvalue weighted by molar-refractivity contribution is 0.408. The molecule has 0 aliphatic heterocycles. The third-order valence-electron chi connectivity index (χ3n) is 7.73. The molecule has 30 heavy (non-hydrogen) atoms. The van der Waals surface area contributed by atoms with Crippen LogP contribution < -0.4 is 0 Å². The first-order valence-corrected chi connectivity index (χ1v) is 14.9. The summed E-state index contributed by atoms with van der Waals surface area (Å²) in [5, 5.41) is 0. The molecule has 0 saturated heterocycles. The second-order valence-electron chi connectivity index (χ2n) is 9.66. The highest BCUT2D eigenvalue weighted by Gasteiger charge is 2.35. The smallest absolute Gasteiger partial charge is 0.125 e. The Kier molecular flexibility index (Phi) is 7.69. The van der Waals surface area contributed by atoms with E-state index in [-0.39, 0.29) is 16.7 Å². The van der Waals surface area contributed by atoms with Crippen LogP contribution in [0.1, 0.15) is 131 Å². The summed E-state index contributed by atoms with van der Waals surface area (Å²) < 4.78 is 40.1. The van der Waals surface area contributed by atoms with Crippen molar-refractivity contribution in [3.05, 3.63) is 25.6 Å². The summed E-state index contributed by atoms with van der Waals surface area (Å²) in [4.78, 5) is 0.125. The van der Waals surface area contributed by atoms with Crippen LogP contribution in [0.4, 0.5) is 0 Å². The van der Waals surface area contributed by atoms with Gasteiger partial charge in [-0.2, -0.15) is 0 Å². The number of hydrogen-bond acceptors (Lipinski definition) is 3. The molecule has 3 saturated carbocycles. The summed E-state index contributed by atoms with van der Waals surface area (Å²) in [6.07, 6.45) is 16.8. The van der Waals surface area contributed by atoms with E-state index in [2.05, 4.69) is 31.9 Å². The topological polar surface area (TPSA) is 57.2 Å². The van der Waals surface area contributed by atoms with Crippen LogP contribution in [0, 0.1) is 0 Å². The lowest BCUT2D eigenvalue weighted by Gasteiger charge is -2.36. The van der Waals surface area contributed by atoms with Gasteiger partial charge in [0.2, 0.25) is 0 Å². The number of hydrogen-bond donors (Lipinski definition) is 0. The van der Waals surface area contributed by atoms with Crippen molar-refractivity contribution in [2.45, 2.75) is 119 Å². The van der Waals surface area contributed by atoms with Gasteiger partial charge in [-0.05, 0) is 73.0 Å². The SMILES string of the molecule is O=S(=O)([O-])c1c(C2CCCCC2)c(Br)c(C2CCCCC2)c(Br)c1C1CCCCC1. The van der Waals surface area contributed by atoms with Crippen molar-refractivity contribution in [1.82, 2.24) is 0 Å². The number of halogens is 2. The first kappa shape index (κ1) is 23.3. The molecule has 3 aliphatic rings. The summed E-state index contributed by atoms with van der Waals surface area (Å²) in [7, 11) is -4.57. The maximum absolute atomic E-state index is 12.8. The normalized spacial score (nSPS) is 23.0. The van der Waals surface area contributed by atoms with E-state index in [1.807, 2.05) is 0 Å². The van der Waals surface area contributed by atoms with Gasteiger partial charge < -0.3 is 4.55 Å². The molecule has 3 aliphatic carbocycles.